The maximum Gasteiger partial charge on any atom is 0.0195 e. The van der Waals surface area contributed by atoms with E-state index in [2.05, 4.69) is 17.1 Å². The summed E-state index contributed by atoms with van der Waals surface area (Å²) in [6.45, 7) is 7.37. The smallest absolute Gasteiger partial charge is 0.0195 e. The molecule has 94 valence electrons. The standard InChI is InChI=1S/C14H28N2/c1-2-15-14-9-6-10-16(12-14)11-13-7-4-3-5-8-13/h13-15H,2-12H2,1H3. The minimum Gasteiger partial charge on any atom is -0.313 e. The summed E-state index contributed by atoms with van der Waals surface area (Å²) in [5, 5.41) is 3.61. The summed E-state index contributed by atoms with van der Waals surface area (Å²) in [6.07, 6.45) is 10.2. The van der Waals surface area contributed by atoms with Gasteiger partial charge in [0.2, 0.25) is 0 Å². The maximum atomic E-state index is 3.61. The summed E-state index contributed by atoms with van der Waals surface area (Å²) in [7, 11) is 0. The van der Waals surface area contributed by atoms with E-state index in [1.807, 2.05) is 0 Å². The average Bonchev–Trinajstić information content (AvgIpc) is 2.31. The molecule has 1 aliphatic heterocycles. The van der Waals surface area contributed by atoms with Gasteiger partial charge in [0.25, 0.3) is 0 Å². The predicted molar refractivity (Wildman–Crippen MR) is 69.7 cm³/mol. The molecule has 16 heavy (non-hydrogen) atoms. The number of likely N-dealkylation sites (tertiary alicyclic amines) is 1. The van der Waals surface area contributed by atoms with Crippen molar-refractivity contribution < 1.29 is 0 Å². The van der Waals surface area contributed by atoms with Gasteiger partial charge in [-0.3, -0.25) is 0 Å². The highest BCUT2D eigenvalue weighted by molar-refractivity contribution is 4.80. The van der Waals surface area contributed by atoms with Crippen LogP contribution >= 0.6 is 0 Å². The van der Waals surface area contributed by atoms with Gasteiger partial charge in [-0.05, 0) is 44.7 Å². The van der Waals surface area contributed by atoms with Crippen LogP contribution in [0.4, 0.5) is 0 Å². The van der Waals surface area contributed by atoms with Gasteiger partial charge in [0, 0.05) is 19.1 Å². The first-order chi connectivity index (χ1) is 7.88. The van der Waals surface area contributed by atoms with Gasteiger partial charge >= 0.3 is 0 Å². The third kappa shape index (κ3) is 3.74. The van der Waals surface area contributed by atoms with Crippen molar-refractivity contribution in [2.75, 3.05) is 26.2 Å². The summed E-state index contributed by atoms with van der Waals surface area (Å²) in [5.74, 6) is 1.01. The number of nitrogens with one attached hydrogen (secondary N) is 1. The quantitative estimate of drug-likeness (QED) is 0.790. The largest absolute Gasteiger partial charge is 0.313 e. The molecule has 1 N–H and O–H groups in total. The molecule has 1 unspecified atom stereocenters. The Morgan fingerprint density at radius 1 is 1.06 bits per heavy atom. The monoisotopic (exact) mass is 224 g/mol. The fraction of sp³-hybridized carbons (Fsp3) is 1.00. The van der Waals surface area contributed by atoms with E-state index in [9.17, 15) is 0 Å². The summed E-state index contributed by atoms with van der Waals surface area (Å²) in [6, 6.07) is 0.766. The van der Waals surface area contributed by atoms with E-state index in [0.717, 1.165) is 18.5 Å². The molecule has 1 aliphatic carbocycles. The molecule has 2 rings (SSSR count). The van der Waals surface area contributed by atoms with Crippen LogP contribution < -0.4 is 5.32 Å². The molecule has 0 aromatic heterocycles. The molecule has 1 saturated carbocycles. The Labute approximate surface area is 101 Å². The van der Waals surface area contributed by atoms with Crippen molar-refractivity contribution in [1.82, 2.24) is 10.2 Å². The Hall–Kier alpha value is -0.0800. The molecule has 0 aromatic rings. The first-order valence-corrected chi connectivity index (χ1v) is 7.34. The lowest BCUT2D eigenvalue weighted by molar-refractivity contribution is 0.151. The van der Waals surface area contributed by atoms with Crippen molar-refractivity contribution >= 4 is 0 Å². The highest BCUT2D eigenvalue weighted by atomic mass is 15.2. The highest BCUT2D eigenvalue weighted by Gasteiger charge is 2.22. The van der Waals surface area contributed by atoms with Gasteiger partial charge in [-0.2, -0.15) is 0 Å². The fourth-order valence-corrected chi connectivity index (χ4v) is 3.41. The first-order valence-electron chi connectivity index (χ1n) is 7.34. The van der Waals surface area contributed by atoms with E-state index < -0.39 is 0 Å². The number of piperidine rings is 1. The van der Waals surface area contributed by atoms with Crippen LogP contribution in [-0.4, -0.2) is 37.1 Å². The van der Waals surface area contributed by atoms with Gasteiger partial charge in [0.05, 0.1) is 0 Å². The van der Waals surface area contributed by atoms with E-state index in [1.165, 1.54) is 64.6 Å². The number of hydrogen-bond acceptors (Lipinski definition) is 2. The molecule has 2 nitrogen and oxygen atoms in total. The van der Waals surface area contributed by atoms with Crippen molar-refractivity contribution in [1.29, 1.82) is 0 Å². The van der Waals surface area contributed by atoms with Crippen LogP contribution in [0.5, 0.6) is 0 Å². The zero-order valence-corrected chi connectivity index (χ0v) is 10.9. The van der Waals surface area contributed by atoms with Crippen molar-refractivity contribution in [3.8, 4) is 0 Å². The third-order valence-electron chi connectivity index (χ3n) is 4.24. The van der Waals surface area contributed by atoms with Crippen LogP contribution in [0.15, 0.2) is 0 Å². The zero-order valence-electron chi connectivity index (χ0n) is 10.9. The highest BCUT2D eigenvalue weighted by Crippen LogP contribution is 2.25. The summed E-state index contributed by atoms with van der Waals surface area (Å²) < 4.78 is 0. The summed E-state index contributed by atoms with van der Waals surface area (Å²) >= 11 is 0. The Morgan fingerprint density at radius 2 is 1.88 bits per heavy atom. The van der Waals surface area contributed by atoms with Crippen LogP contribution in [0.3, 0.4) is 0 Å². The van der Waals surface area contributed by atoms with Crippen LogP contribution in [0.2, 0.25) is 0 Å². The van der Waals surface area contributed by atoms with Gasteiger partial charge in [-0.1, -0.05) is 26.2 Å². The number of rotatable bonds is 4. The van der Waals surface area contributed by atoms with Gasteiger partial charge in [0.15, 0.2) is 0 Å². The molecular weight excluding hydrogens is 196 g/mol. The number of hydrogen-bond donors (Lipinski definition) is 1. The van der Waals surface area contributed by atoms with Crippen molar-refractivity contribution in [2.24, 2.45) is 5.92 Å². The van der Waals surface area contributed by atoms with Crippen LogP contribution in [-0.2, 0) is 0 Å². The molecule has 2 heteroatoms. The molecule has 1 heterocycles. The van der Waals surface area contributed by atoms with Crippen LogP contribution in [0.1, 0.15) is 51.9 Å². The maximum absolute atomic E-state index is 3.61. The van der Waals surface area contributed by atoms with E-state index in [0.29, 0.717) is 0 Å². The van der Waals surface area contributed by atoms with Gasteiger partial charge in [-0.15, -0.1) is 0 Å². The second-order valence-electron chi connectivity index (χ2n) is 5.66. The Balaban J connectivity index is 1.71. The Kier molecular flexibility index (Phi) is 5.11. The molecule has 0 aromatic carbocycles. The minimum absolute atomic E-state index is 0.766. The number of likely N-dealkylation sites (N-methyl/N-ethyl adjacent to an activating group) is 1. The van der Waals surface area contributed by atoms with Crippen molar-refractivity contribution in [3.63, 3.8) is 0 Å². The van der Waals surface area contributed by atoms with E-state index in [1.54, 1.807) is 0 Å². The lowest BCUT2D eigenvalue weighted by atomic mass is 9.88. The van der Waals surface area contributed by atoms with Gasteiger partial charge < -0.3 is 10.2 Å². The molecule has 0 radical (unpaired) electrons. The minimum atomic E-state index is 0.766. The van der Waals surface area contributed by atoms with Gasteiger partial charge in [0.1, 0.15) is 0 Å². The Morgan fingerprint density at radius 3 is 2.62 bits per heavy atom. The molecular formula is C14H28N2. The fourth-order valence-electron chi connectivity index (χ4n) is 3.41. The topological polar surface area (TPSA) is 15.3 Å². The lowest BCUT2D eigenvalue weighted by Gasteiger charge is -2.36. The first kappa shape index (κ1) is 12.4. The molecule has 0 spiro atoms. The normalized spacial score (nSPS) is 29.4. The van der Waals surface area contributed by atoms with Crippen molar-refractivity contribution in [3.05, 3.63) is 0 Å². The molecule has 1 saturated heterocycles. The molecule has 2 aliphatic rings. The predicted octanol–water partition coefficient (Wildman–Crippen LogP) is 2.64. The summed E-state index contributed by atoms with van der Waals surface area (Å²) in [5.41, 5.74) is 0. The second-order valence-corrected chi connectivity index (χ2v) is 5.66. The van der Waals surface area contributed by atoms with E-state index in [4.69, 9.17) is 0 Å². The second kappa shape index (κ2) is 6.61. The van der Waals surface area contributed by atoms with Gasteiger partial charge in [-0.25, -0.2) is 0 Å². The molecule has 0 amide bonds. The Bertz CT molecular complexity index is 185. The number of nitrogens with zero attached hydrogens (tertiary/aromatic N) is 1. The van der Waals surface area contributed by atoms with E-state index >= 15 is 0 Å². The SMILES string of the molecule is CCNC1CCCN(CC2CCCCC2)C1. The third-order valence-corrected chi connectivity index (χ3v) is 4.24. The average molecular weight is 224 g/mol. The molecule has 1 atom stereocenters. The molecule has 2 fully saturated rings. The lowest BCUT2D eigenvalue weighted by Crippen LogP contribution is -2.47. The van der Waals surface area contributed by atoms with Crippen LogP contribution in [0.25, 0.3) is 0 Å². The van der Waals surface area contributed by atoms with E-state index in [-0.39, 0.29) is 0 Å². The summed E-state index contributed by atoms with van der Waals surface area (Å²) in [4.78, 5) is 2.72. The van der Waals surface area contributed by atoms with Crippen LogP contribution in [0, 0.1) is 5.92 Å². The molecule has 0 bridgehead atoms. The van der Waals surface area contributed by atoms with Crippen molar-refractivity contribution in [2.45, 2.75) is 57.9 Å². The zero-order chi connectivity index (χ0) is 11.2.